The molecule has 4 heteroatoms. The smallest absolute Gasteiger partial charge is 0.264 e. The molecule has 1 aromatic carbocycles. The van der Waals surface area contributed by atoms with Crippen molar-refractivity contribution in [2.75, 3.05) is 14.1 Å². The van der Waals surface area contributed by atoms with E-state index >= 15 is 0 Å². The minimum Gasteiger partial charge on any atom is -0.432 e. The van der Waals surface area contributed by atoms with E-state index in [2.05, 4.69) is 0 Å². The lowest BCUT2D eigenvalue weighted by atomic mass is 10.2. The van der Waals surface area contributed by atoms with E-state index in [0.717, 1.165) is 5.56 Å². The van der Waals surface area contributed by atoms with Gasteiger partial charge in [0.25, 0.3) is 5.17 Å². The standard InChI is InChI=1S/C10H13NO2S/c1-11(2)10(14)13-9-5-3-8(7-12)4-6-9/h3-6,12H,7H2,1-2H3. The molecule has 14 heavy (non-hydrogen) atoms. The number of hydrogen-bond acceptors (Lipinski definition) is 3. The fourth-order valence-electron chi connectivity index (χ4n) is 0.855. The molecule has 0 bridgehead atoms. The summed E-state index contributed by atoms with van der Waals surface area (Å²) >= 11 is 4.98. The Morgan fingerprint density at radius 1 is 1.36 bits per heavy atom. The lowest BCUT2D eigenvalue weighted by molar-refractivity contribution is 0.281. The number of thiocarbonyl (C=S) groups is 1. The van der Waals surface area contributed by atoms with Gasteiger partial charge in [-0.2, -0.15) is 0 Å². The molecule has 1 N–H and O–H groups in total. The number of rotatable bonds is 2. The van der Waals surface area contributed by atoms with Gasteiger partial charge < -0.3 is 14.7 Å². The second-order valence-electron chi connectivity index (χ2n) is 3.06. The van der Waals surface area contributed by atoms with Crippen LogP contribution in [-0.2, 0) is 6.61 Å². The van der Waals surface area contributed by atoms with Gasteiger partial charge in [-0.1, -0.05) is 12.1 Å². The van der Waals surface area contributed by atoms with Gasteiger partial charge in [-0.25, -0.2) is 0 Å². The second kappa shape index (κ2) is 4.93. The number of aliphatic hydroxyl groups is 1. The number of aliphatic hydroxyl groups excluding tert-OH is 1. The molecule has 3 nitrogen and oxygen atoms in total. The van der Waals surface area contributed by atoms with Gasteiger partial charge in [-0.05, 0) is 29.9 Å². The molecule has 0 aliphatic rings. The van der Waals surface area contributed by atoms with Crippen LogP contribution in [0.5, 0.6) is 5.75 Å². The third kappa shape index (κ3) is 2.97. The highest BCUT2D eigenvalue weighted by Crippen LogP contribution is 2.12. The molecule has 0 spiro atoms. The maximum Gasteiger partial charge on any atom is 0.264 e. The lowest BCUT2D eigenvalue weighted by Crippen LogP contribution is -2.24. The lowest BCUT2D eigenvalue weighted by Gasteiger charge is -2.13. The molecule has 0 radical (unpaired) electrons. The Kier molecular flexibility index (Phi) is 3.85. The first kappa shape index (κ1) is 10.9. The average molecular weight is 211 g/mol. The van der Waals surface area contributed by atoms with E-state index in [4.69, 9.17) is 22.1 Å². The van der Waals surface area contributed by atoms with E-state index < -0.39 is 0 Å². The summed E-state index contributed by atoms with van der Waals surface area (Å²) < 4.78 is 5.35. The third-order valence-corrected chi connectivity index (χ3v) is 2.12. The molecule has 0 saturated heterocycles. The Balaban J connectivity index is 2.64. The first-order valence-corrected chi connectivity index (χ1v) is 4.63. The maximum atomic E-state index is 8.82. The Morgan fingerprint density at radius 3 is 2.36 bits per heavy atom. The van der Waals surface area contributed by atoms with Crippen molar-refractivity contribution in [3.8, 4) is 5.75 Å². The van der Waals surface area contributed by atoms with Crippen LogP contribution in [-0.4, -0.2) is 29.3 Å². The molecular formula is C10H13NO2S. The van der Waals surface area contributed by atoms with Gasteiger partial charge in [0.15, 0.2) is 0 Å². The summed E-state index contributed by atoms with van der Waals surface area (Å²) in [6.45, 7) is 0.0401. The summed E-state index contributed by atoms with van der Waals surface area (Å²) in [5, 5.41) is 9.24. The largest absolute Gasteiger partial charge is 0.432 e. The van der Waals surface area contributed by atoms with E-state index in [1.54, 1.807) is 29.2 Å². The van der Waals surface area contributed by atoms with Gasteiger partial charge in [0.2, 0.25) is 0 Å². The van der Waals surface area contributed by atoms with Crippen LogP contribution in [0.25, 0.3) is 0 Å². The van der Waals surface area contributed by atoms with Crippen molar-refractivity contribution in [1.82, 2.24) is 4.90 Å². The van der Waals surface area contributed by atoms with E-state index in [0.29, 0.717) is 10.9 Å². The summed E-state index contributed by atoms with van der Waals surface area (Å²) in [4.78, 5) is 1.72. The van der Waals surface area contributed by atoms with Crippen LogP contribution in [0.1, 0.15) is 5.56 Å². The van der Waals surface area contributed by atoms with Crippen LogP contribution < -0.4 is 4.74 Å². The Hall–Kier alpha value is -1.13. The number of benzene rings is 1. The molecule has 0 fully saturated rings. The van der Waals surface area contributed by atoms with Crippen molar-refractivity contribution in [1.29, 1.82) is 0 Å². The zero-order chi connectivity index (χ0) is 10.6. The molecular weight excluding hydrogens is 198 g/mol. The molecule has 76 valence electrons. The Bertz CT molecular complexity index is 308. The Morgan fingerprint density at radius 2 is 1.93 bits per heavy atom. The van der Waals surface area contributed by atoms with Gasteiger partial charge in [0.1, 0.15) is 5.75 Å². The predicted molar refractivity (Wildman–Crippen MR) is 59.3 cm³/mol. The van der Waals surface area contributed by atoms with Crippen LogP contribution in [0.4, 0.5) is 0 Å². The highest BCUT2D eigenvalue weighted by molar-refractivity contribution is 7.80. The zero-order valence-corrected chi connectivity index (χ0v) is 9.04. The molecule has 0 amide bonds. The average Bonchev–Trinajstić information content (AvgIpc) is 2.19. The van der Waals surface area contributed by atoms with Crippen LogP contribution >= 0.6 is 12.2 Å². The summed E-state index contributed by atoms with van der Waals surface area (Å²) in [5.74, 6) is 0.681. The number of hydrogen-bond donors (Lipinski definition) is 1. The van der Waals surface area contributed by atoms with Gasteiger partial charge >= 0.3 is 0 Å². The van der Waals surface area contributed by atoms with E-state index in [1.165, 1.54) is 0 Å². The molecule has 1 rings (SSSR count). The van der Waals surface area contributed by atoms with Crippen LogP contribution in [0.3, 0.4) is 0 Å². The van der Waals surface area contributed by atoms with Gasteiger partial charge in [-0.15, -0.1) is 0 Å². The van der Waals surface area contributed by atoms with Crippen molar-refractivity contribution in [3.05, 3.63) is 29.8 Å². The molecule has 0 aromatic heterocycles. The van der Waals surface area contributed by atoms with E-state index in [9.17, 15) is 0 Å². The van der Waals surface area contributed by atoms with Crippen LogP contribution in [0.15, 0.2) is 24.3 Å². The van der Waals surface area contributed by atoms with Gasteiger partial charge in [0.05, 0.1) is 6.61 Å². The minimum absolute atomic E-state index is 0.0401. The van der Waals surface area contributed by atoms with Crippen molar-refractivity contribution < 1.29 is 9.84 Å². The first-order chi connectivity index (χ1) is 6.63. The molecule has 0 saturated carbocycles. The monoisotopic (exact) mass is 211 g/mol. The Labute approximate surface area is 88.9 Å². The topological polar surface area (TPSA) is 32.7 Å². The van der Waals surface area contributed by atoms with Gasteiger partial charge in [0, 0.05) is 14.1 Å². The van der Waals surface area contributed by atoms with Crippen LogP contribution in [0.2, 0.25) is 0 Å². The normalized spacial score (nSPS) is 9.64. The van der Waals surface area contributed by atoms with Crippen molar-refractivity contribution >= 4 is 17.4 Å². The fraction of sp³-hybridized carbons (Fsp3) is 0.300. The summed E-state index contributed by atoms with van der Waals surface area (Å²) in [6, 6.07) is 7.16. The number of ether oxygens (including phenoxy) is 1. The SMILES string of the molecule is CN(C)C(=S)Oc1ccc(CO)cc1. The first-order valence-electron chi connectivity index (χ1n) is 4.22. The van der Waals surface area contributed by atoms with Gasteiger partial charge in [-0.3, -0.25) is 0 Å². The molecule has 1 aromatic rings. The minimum atomic E-state index is 0.0401. The number of nitrogens with zero attached hydrogens (tertiary/aromatic N) is 1. The molecule has 0 heterocycles. The zero-order valence-electron chi connectivity index (χ0n) is 8.23. The predicted octanol–water partition coefficient (Wildman–Crippen LogP) is 1.40. The summed E-state index contributed by atoms with van der Waals surface area (Å²) in [6.07, 6.45) is 0. The summed E-state index contributed by atoms with van der Waals surface area (Å²) in [7, 11) is 3.65. The molecule has 0 aliphatic heterocycles. The van der Waals surface area contributed by atoms with E-state index in [1.807, 2.05) is 14.1 Å². The molecule has 0 unspecified atom stereocenters. The highest BCUT2D eigenvalue weighted by atomic mass is 32.1. The molecule has 0 atom stereocenters. The third-order valence-electron chi connectivity index (χ3n) is 1.68. The summed E-state index contributed by atoms with van der Waals surface area (Å²) in [5.41, 5.74) is 0.855. The highest BCUT2D eigenvalue weighted by Gasteiger charge is 2.01. The quantitative estimate of drug-likeness (QED) is 0.750. The van der Waals surface area contributed by atoms with Crippen LogP contribution in [0, 0.1) is 0 Å². The maximum absolute atomic E-state index is 8.82. The fourth-order valence-corrected chi connectivity index (χ4v) is 0.951. The molecule has 0 aliphatic carbocycles. The van der Waals surface area contributed by atoms with Crippen molar-refractivity contribution in [3.63, 3.8) is 0 Å². The second-order valence-corrected chi connectivity index (χ2v) is 3.41. The van der Waals surface area contributed by atoms with Crippen molar-refractivity contribution in [2.45, 2.75) is 6.61 Å². The van der Waals surface area contributed by atoms with Crippen molar-refractivity contribution in [2.24, 2.45) is 0 Å². The van der Waals surface area contributed by atoms with E-state index in [-0.39, 0.29) is 6.61 Å².